The fourth-order valence-corrected chi connectivity index (χ4v) is 5.92. The molecule has 0 amide bonds. The zero-order valence-corrected chi connectivity index (χ0v) is 20.4. The average molecular weight is 446 g/mol. The van der Waals surface area contributed by atoms with Crippen LogP contribution in [0.2, 0.25) is 0 Å². The molecule has 1 aliphatic carbocycles. The Labute approximate surface area is 198 Å². The summed E-state index contributed by atoms with van der Waals surface area (Å²) in [6, 6.07) is 11.5. The molecule has 5 nitrogen and oxygen atoms in total. The SMILES string of the molecule is CN(C)C1CCN(c2nc(-c3ccccc3)c(C3CCCCCCCC3)n3cncc23)CC1. The molecule has 33 heavy (non-hydrogen) atoms. The molecule has 1 aliphatic heterocycles. The molecule has 0 bridgehead atoms. The molecular weight excluding hydrogens is 406 g/mol. The molecule has 1 saturated carbocycles. The maximum absolute atomic E-state index is 5.44. The van der Waals surface area contributed by atoms with Crippen molar-refractivity contribution in [1.82, 2.24) is 19.3 Å². The minimum atomic E-state index is 0.538. The van der Waals surface area contributed by atoms with Crippen molar-refractivity contribution < 1.29 is 0 Å². The van der Waals surface area contributed by atoms with Crippen LogP contribution in [0, 0.1) is 0 Å². The second kappa shape index (κ2) is 10.3. The first-order valence-electron chi connectivity index (χ1n) is 13.0. The lowest BCUT2D eigenvalue weighted by molar-refractivity contribution is 0.249. The quantitative estimate of drug-likeness (QED) is 0.483. The number of fused-ring (bicyclic) bond motifs is 1. The highest BCUT2D eigenvalue weighted by molar-refractivity contribution is 5.75. The van der Waals surface area contributed by atoms with E-state index >= 15 is 0 Å². The number of hydrogen-bond acceptors (Lipinski definition) is 4. The van der Waals surface area contributed by atoms with E-state index in [0.717, 1.165) is 24.6 Å². The standard InChI is InChI=1S/C28H39N5/c1-31(2)24-16-18-32(19-17-24)28-25-20-29-21-33(25)27(23-14-8-5-3-4-6-9-15-23)26(30-28)22-12-10-7-11-13-22/h7,10-13,20-21,23-24H,3-6,8-9,14-19H2,1-2H3. The van der Waals surface area contributed by atoms with Gasteiger partial charge in [0.15, 0.2) is 5.82 Å². The molecule has 0 radical (unpaired) electrons. The van der Waals surface area contributed by atoms with Crippen LogP contribution < -0.4 is 4.90 Å². The summed E-state index contributed by atoms with van der Waals surface area (Å²) >= 11 is 0. The minimum Gasteiger partial charge on any atom is -0.355 e. The maximum atomic E-state index is 5.44. The largest absolute Gasteiger partial charge is 0.355 e. The third kappa shape index (κ3) is 4.79. The Hall–Kier alpha value is -2.40. The van der Waals surface area contributed by atoms with Gasteiger partial charge in [0.1, 0.15) is 5.52 Å². The molecule has 2 aliphatic rings. The van der Waals surface area contributed by atoms with Crippen molar-refractivity contribution in [3.05, 3.63) is 48.5 Å². The second-order valence-electron chi connectivity index (χ2n) is 10.3. The summed E-state index contributed by atoms with van der Waals surface area (Å²) in [7, 11) is 4.40. The number of benzene rings is 1. The summed E-state index contributed by atoms with van der Waals surface area (Å²) in [6.07, 6.45) is 17.1. The van der Waals surface area contributed by atoms with Crippen LogP contribution in [-0.2, 0) is 0 Å². The van der Waals surface area contributed by atoms with E-state index in [0.29, 0.717) is 12.0 Å². The van der Waals surface area contributed by atoms with Gasteiger partial charge in [0.05, 0.1) is 23.9 Å². The predicted molar refractivity (Wildman–Crippen MR) is 137 cm³/mol. The van der Waals surface area contributed by atoms with Crippen LogP contribution in [0.3, 0.4) is 0 Å². The van der Waals surface area contributed by atoms with Gasteiger partial charge in [-0.25, -0.2) is 9.97 Å². The fraction of sp³-hybridized carbons (Fsp3) is 0.571. The summed E-state index contributed by atoms with van der Waals surface area (Å²) in [5.41, 5.74) is 4.94. The Bertz CT molecular complexity index is 1020. The third-order valence-electron chi connectivity index (χ3n) is 7.87. The van der Waals surface area contributed by atoms with Gasteiger partial charge in [0, 0.05) is 30.6 Å². The maximum Gasteiger partial charge on any atom is 0.155 e. The van der Waals surface area contributed by atoms with Crippen LogP contribution in [0.4, 0.5) is 5.82 Å². The van der Waals surface area contributed by atoms with Gasteiger partial charge in [-0.2, -0.15) is 0 Å². The van der Waals surface area contributed by atoms with Crippen molar-refractivity contribution in [2.75, 3.05) is 32.1 Å². The highest BCUT2D eigenvalue weighted by Crippen LogP contribution is 2.38. The Kier molecular flexibility index (Phi) is 6.96. The number of imidazole rings is 1. The van der Waals surface area contributed by atoms with E-state index in [9.17, 15) is 0 Å². The van der Waals surface area contributed by atoms with E-state index in [2.05, 4.69) is 63.6 Å². The van der Waals surface area contributed by atoms with Crippen LogP contribution in [0.15, 0.2) is 42.9 Å². The Morgan fingerprint density at radius 2 is 1.52 bits per heavy atom. The van der Waals surface area contributed by atoms with Crippen molar-refractivity contribution in [3.63, 3.8) is 0 Å². The van der Waals surface area contributed by atoms with E-state index in [1.54, 1.807) is 0 Å². The zero-order chi connectivity index (χ0) is 22.6. The highest BCUT2D eigenvalue weighted by atomic mass is 15.2. The number of piperidine rings is 1. The van der Waals surface area contributed by atoms with E-state index < -0.39 is 0 Å². The first-order chi connectivity index (χ1) is 16.2. The molecule has 2 fully saturated rings. The summed E-state index contributed by atoms with van der Waals surface area (Å²) in [4.78, 5) is 14.9. The lowest BCUT2D eigenvalue weighted by Gasteiger charge is -2.36. The average Bonchev–Trinajstić information content (AvgIpc) is 3.38. The van der Waals surface area contributed by atoms with Crippen LogP contribution in [0.1, 0.15) is 75.8 Å². The van der Waals surface area contributed by atoms with Crippen molar-refractivity contribution in [1.29, 1.82) is 0 Å². The van der Waals surface area contributed by atoms with Crippen molar-refractivity contribution >= 4 is 11.3 Å². The molecule has 0 spiro atoms. The van der Waals surface area contributed by atoms with Gasteiger partial charge in [0.25, 0.3) is 0 Å². The molecule has 5 heteroatoms. The fourth-order valence-electron chi connectivity index (χ4n) is 5.92. The predicted octanol–water partition coefficient (Wildman–Crippen LogP) is 6.14. The Morgan fingerprint density at radius 3 is 2.18 bits per heavy atom. The van der Waals surface area contributed by atoms with Crippen molar-refractivity contribution in [3.8, 4) is 11.3 Å². The van der Waals surface area contributed by atoms with Crippen LogP contribution in [0.5, 0.6) is 0 Å². The normalized spacial score (nSPS) is 19.5. The molecular formula is C28H39N5. The summed E-state index contributed by atoms with van der Waals surface area (Å²) in [5, 5.41) is 0. The summed E-state index contributed by atoms with van der Waals surface area (Å²) < 4.78 is 2.39. The molecule has 2 aromatic heterocycles. The Morgan fingerprint density at radius 1 is 0.848 bits per heavy atom. The molecule has 0 unspecified atom stereocenters. The monoisotopic (exact) mass is 445 g/mol. The van der Waals surface area contributed by atoms with Crippen LogP contribution in [-0.4, -0.2) is 52.5 Å². The Balaban J connectivity index is 1.60. The topological polar surface area (TPSA) is 36.7 Å². The zero-order valence-electron chi connectivity index (χ0n) is 20.4. The van der Waals surface area contributed by atoms with E-state index in [4.69, 9.17) is 4.98 Å². The lowest BCUT2D eigenvalue weighted by atomic mass is 9.90. The summed E-state index contributed by atoms with van der Waals surface area (Å²) in [5.74, 6) is 1.64. The van der Waals surface area contributed by atoms with Gasteiger partial charge < -0.3 is 9.80 Å². The number of hydrogen-bond donors (Lipinski definition) is 0. The highest BCUT2D eigenvalue weighted by Gasteiger charge is 2.27. The van der Waals surface area contributed by atoms with E-state index in [1.807, 2.05) is 12.5 Å². The molecule has 3 aromatic rings. The molecule has 0 atom stereocenters. The van der Waals surface area contributed by atoms with Crippen LogP contribution in [0.25, 0.3) is 16.8 Å². The summed E-state index contributed by atoms with van der Waals surface area (Å²) in [6.45, 7) is 2.10. The van der Waals surface area contributed by atoms with Gasteiger partial charge in [-0.3, -0.25) is 4.40 Å². The number of anilines is 1. The lowest BCUT2D eigenvalue weighted by Crippen LogP contribution is -2.42. The first-order valence-corrected chi connectivity index (χ1v) is 13.0. The number of nitrogens with zero attached hydrogens (tertiary/aromatic N) is 5. The molecule has 5 rings (SSSR count). The second-order valence-corrected chi connectivity index (χ2v) is 10.3. The number of aromatic nitrogens is 3. The van der Waals surface area contributed by atoms with Gasteiger partial charge in [-0.15, -0.1) is 0 Å². The van der Waals surface area contributed by atoms with Gasteiger partial charge in [-0.1, -0.05) is 68.9 Å². The molecule has 1 saturated heterocycles. The molecule has 3 heterocycles. The molecule has 176 valence electrons. The van der Waals surface area contributed by atoms with Gasteiger partial charge >= 0.3 is 0 Å². The minimum absolute atomic E-state index is 0.538. The van der Waals surface area contributed by atoms with Gasteiger partial charge in [-0.05, 0) is 39.8 Å². The van der Waals surface area contributed by atoms with Crippen molar-refractivity contribution in [2.45, 2.75) is 76.2 Å². The molecule has 0 N–H and O–H groups in total. The molecule has 1 aromatic carbocycles. The van der Waals surface area contributed by atoms with Crippen LogP contribution >= 0.6 is 0 Å². The first kappa shape index (κ1) is 22.4. The number of rotatable bonds is 4. The van der Waals surface area contributed by atoms with Gasteiger partial charge in [0.2, 0.25) is 0 Å². The third-order valence-corrected chi connectivity index (χ3v) is 7.87. The van der Waals surface area contributed by atoms with Crippen molar-refractivity contribution in [2.24, 2.45) is 0 Å². The smallest absolute Gasteiger partial charge is 0.155 e. The van der Waals surface area contributed by atoms with E-state index in [-0.39, 0.29) is 0 Å². The van der Waals surface area contributed by atoms with E-state index in [1.165, 1.54) is 81.0 Å².